The van der Waals surface area contributed by atoms with Crippen LogP contribution in [0.4, 0.5) is 0 Å². The lowest BCUT2D eigenvalue weighted by Crippen LogP contribution is -2.33. The minimum Gasteiger partial charge on any atom is -0.295 e. The number of unbranched alkanes of at least 4 members (excludes halogenated alkanes) is 1. The zero-order chi connectivity index (χ0) is 16.4. The maximum atomic E-state index is 6.82. The van der Waals surface area contributed by atoms with E-state index in [0.717, 1.165) is 6.54 Å². The molecule has 3 heteroatoms. The van der Waals surface area contributed by atoms with Crippen LogP contribution in [0.5, 0.6) is 0 Å². The molecule has 0 N–H and O–H groups in total. The van der Waals surface area contributed by atoms with Crippen LogP contribution < -0.4 is 0 Å². The molecule has 2 aliphatic heterocycles. The van der Waals surface area contributed by atoms with Gasteiger partial charge >= 0.3 is 0 Å². The van der Waals surface area contributed by atoms with Crippen molar-refractivity contribution in [2.24, 2.45) is 0 Å². The Morgan fingerprint density at radius 1 is 1.04 bits per heavy atom. The molecule has 0 bridgehead atoms. The number of rotatable bonds is 5. The van der Waals surface area contributed by atoms with Crippen molar-refractivity contribution in [1.82, 2.24) is 4.97 Å². The van der Waals surface area contributed by atoms with Gasteiger partial charge in [0, 0.05) is 6.54 Å². The van der Waals surface area contributed by atoms with Crippen LogP contribution in [0.3, 0.4) is 0 Å². The Balaban J connectivity index is 1.82. The molecular formula is C21H26BNO. The zero-order valence-electron chi connectivity index (χ0n) is 14.5. The van der Waals surface area contributed by atoms with Crippen molar-refractivity contribution in [3.63, 3.8) is 0 Å². The van der Waals surface area contributed by atoms with Gasteiger partial charge in [-0.15, -0.1) is 0 Å². The molecule has 2 aromatic carbocycles. The summed E-state index contributed by atoms with van der Waals surface area (Å²) in [6, 6.07) is 21.7. The molecule has 0 radical (unpaired) electrons. The highest BCUT2D eigenvalue weighted by molar-refractivity contribution is 6.59. The fourth-order valence-corrected chi connectivity index (χ4v) is 4.68. The molecule has 0 unspecified atom stereocenters. The van der Waals surface area contributed by atoms with Crippen LogP contribution in [0.1, 0.15) is 43.7 Å². The third kappa shape index (κ3) is 2.51. The second-order valence-electron chi connectivity index (χ2n) is 7.16. The lowest BCUT2D eigenvalue weighted by Gasteiger charge is -2.35. The molecular weight excluding hydrogens is 293 g/mol. The molecule has 124 valence electrons. The van der Waals surface area contributed by atoms with Gasteiger partial charge in [-0.2, -0.15) is 0 Å². The van der Waals surface area contributed by atoms with E-state index >= 15 is 0 Å². The van der Waals surface area contributed by atoms with Gasteiger partial charge in [0.2, 0.25) is 0 Å². The first-order valence-corrected chi connectivity index (χ1v) is 9.43. The molecule has 4 rings (SSSR count). The van der Waals surface area contributed by atoms with Crippen LogP contribution in [-0.4, -0.2) is 18.4 Å². The largest absolute Gasteiger partial charge is 0.295 e. The standard InChI is InChI=1S/C21H26BNO/c1-2-3-17-23-22-16-10-15-20(22)21(24-23,18-11-6-4-7-12-18)19-13-8-5-9-14-19/h4-9,11-14,20H,2-3,10,15-17H2,1H3/t20-/m0/s1. The Labute approximate surface area is 145 Å². The van der Waals surface area contributed by atoms with Crippen LogP contribution in [0, 0.1) is 0 Å². The number of hydrogen-bond donors (Lipinski definition) is 0. The Morgan fingerprint density at radius 3 is 2.25 bits per heavy atom. The molecule has 2 heterocycles. The summed E-state index contributed by atoms with van der Waals surface area (Å²) >= 11 is 0. The van der Waals surface area contributed by atoms with Crippen molar-refractivity contribution in [2.45, 2.75) is 50.3 Å². The second-order valence-corrected chi connectivity index (χ2v) is 7.16. The Hall–Kier alpha value is -1.58. The molecule has 2 aromatic rings. The molecule has 24 heavy (non-hydrogen) atoms. The minimum atomic E-state index is -0.322. The SMILES string of the molecule is CCCCN1OC(c2ccccc2)(c2ccccc2)[C@@H]2CCCB21. The summed E-state index contributed by atoms with van der Waals surface area (Å²) < 4.78 is 0. The molecule has 0 spiro atoms. The maximum absolute atomic E-state index is 6.82. The van der Waals surface area contributed by atoms with E-state index in [1.165, 1.54) is 43.1 Å². The highest BCUT2D eigenvalue weighted by Crippen LogP contribution is 2.57. The van der Waals surface area contributed by atoms with E-state index in [2.05, 4.69) is 72.6 Å². The van der Waals surface area contributed by atoms with Crippen molar-refractivity contribution in [3.8, 4) is 0 Å². The number of benzene rings is 2. The topological polar surface area (TPSA) is 12.5 Å². The lowest BCUT2D eigenvalue weighted by atomic mass is 9.48. The molecule has 2 fully saturated rings. The Kier molecular flexibility index (Phi) is 4.47. The average Bonchev–Trinajstić information content (AvgIpc) is 3.24. The third-order valence-corrected chi connectivity index (χ3v) is 5.77. The van der Waals surface area contributed by atoms with Crippen LogP contribution in [0.2, 0.25) is 12.1 Å². The number of hydroxylamine groups is 1. The summed E-state index contributed by atoms with van der Waals surface area (Å²) in [5.74, 6) is 0.541. The van der Waals surface area contributed by atoms with Gasteiger partial charge in [0.15, 0.2) is 0 Å². The molecule has 1 atom stereocenters. The predicted octanol–water partition coefficient (Wildman–Crippen LogP) is 5.13. The van der Waals surface area contributed by atoms with Gasteiger partial charge in [0.1, 0.15) is 5.60 Å². The summed E-state index contributed by atoms with van der Waals surface area (Å²) in [4.78, 5) is 9.14. The van der Waals surface area contributed by atoms with E-state index in [0.29, 0.717) is 12.7 Å². The highest BCUT2D eigenvalue weighted by atomic mass is 16.7. The van der Waals surface area contributed by atoms with Crippen molar-refractivity contribution >= 4 is 6.85 Å². The maximum Gasteiger partial charge on any atom is 0.263 e. The van der Waals surface area contributed by atoms with Crippen molar-refractivity contribution in [1.29, 1.82) is 0 Å². The lowest BCUT2D eigenvalue weighted by molar-refractivity contribution is -0.161. The zero-order valence-corrected chi connectivity index (χ0v) is 14.5. The van der Waals surface area contributed by atoms with Crippen molar-refractivity contribution in [2.75, 3.05) is 6.54 Å². The first-order chi connectivity index (χ1) is 11.9. The quantitative estimate of drug-likeness (QED) is 0.708. The van der Waals surface area contributed by atoms with Gasteiger partial charge in [-0.3, -0.25) is 4.84 Å². The predicted molar refractivity (Wildman–Crippen MR) is 99.9 cm³/mol. The van der Waals surface area contributed by atoms with Crippen molar-refractivity contribution in [3.05, 3.63) is 71.8 Å². The highest BCUT2D eigenvalue weighted by Gasteiger charge is 2.59. The van der Waals surface area contributed by atoms with Gasteiger partial charge in [-0.25, -0.2) is 4.97 Å². The molecule has 0 saturated carbocycles. The van der Waals surface area contributed by atoms with Gasteiger partial charge in [-0.05, 0) is 23.4 Å². The summed E-state index contributed by atoms with van der Waals surface area (Å²) in [6.45, 7) is 3.85. The summed E-state index contributed by atoms with van der Waals surface area (Å²) in [7, 11) is 0. The van der Waals surface area contributed by atoms with E-state index in [9.17, 15) is 0 Å². The Morgan fingerprint density at radius 2 is 1.67 bits per heavy atom. The Bertz CT molecular complexity index is 621. The van der Waals surface area contributed by atoms with Crippen LogP contribution in [-0.2, 0) is 10.4 Å². The molecule has 0 aromatic heterocycles. The van der Waals surface area contributed by atoms with E-state index in [4.69, 9.17) is 4.84 Å². The molecule has 2 aliphatic rings. The number of hydrogen-bond acceptors (Lipinski definition) is 2. The number of fused-ring (bicyclic) bond motifs is 1. The monoisotopic (exact) mass is 319 g/mol. The van der Waals surface area contributed by atoms with Gasteiger partial charge in [0.05, 0.1) is 0 Å². The van der Waals surface area contributed by atoms with Gasteiger partial charge < -0.3 is 0 Å². The third-order valence-electron chi connectivity index (χ3n) is 5.77. The van der Waals surface area contributed by atoms with Crippen LogP contribution in [0.25, 0.3) is 0 Å². The van der Waals surface area contributed by atoms with Gasteiger partial charge in [-0.1, -0.05) is 93.2 Å². The first kappa shape index (κ1) is 15.9. The normalized spacial score (nSPS) is 22.7. The molecule has 0 amide bonds. The van der Waals surface area contributed by atoms with E-state index in [1.54, 1.807) is 0 Å². The van der Waals surface area contributed by atoms with Crippen molar-refractivity contribution < 1.29 is 4.84 Å². The molecule has 0 aliphatic carbocycles. The number of nitrogens with zero attached hydrogens (tertiary/aromatic N) is 1. The summed E-state index contributed by atoms with van der Waals surface area (Å²) in [5, 5.41) is 0. The fraction of sp³-hybridized carbons (Fsp3) is 0.429. The van der Waals surface area contributed by atoms with E-state index in [-0.39, 0.29) is 5.60 Å². The summed E-state index contributed by atoms with van der Waals surface area (Å²) in [5.41, 5.74) is 2.27. The van der Waals surface area contributed by atoms with Gasteiger partial charge in [0.25, 0.3) is 6.85 Å². The van der Waals surface area contributed by atoms with Crippen LogP contribution >= 0.6 is 0 Å². The molecule has 2 saturated heterocycles. The van der Waals surface area contributed by atoms with E-state index in [1.807, 2.05) is 0 Å². The first-order valence-electron chi connectivity index (χ1n) is 9.43. The minimum absolute atomic E-state index is 0.322. The fourth-order valence-electron chi connectivity index (χ4n) is 4.68. The van der Waals surface area contributed by atoms with Crippen LogP contribution in [0.15, 0.2) is 60.7 Å². The van der Waals surface area contributed by atoms with E-state index < -0.39 is 0 Å². The molecule has 2 nitrogen and oxygen atoms in total. The smallest absolute Gasteiger partial charge is 0.263 e. The second kappa shape index (κ2) is 6.74. The average molecular weight is 319 g/mol. The summed E-state index contributed by atoms with van der Waals surface area (Å²) in [6.07, 6.45) is 6.22.